The molecule has 0 saturated heterocycles. The summed E-state index contributed by atoms with van der Waals surface area (Å²) in [6, 6.07) is 3.40. The molecule has 0 fully saturated rings. The molecular formula is C12H19N3O2. The Bertz CT molecular complexity index is 380. The molecule has 5 nitrogen and oxygen atoms in total. The lowest BCUT2D eigenvalue weighted by Gasteiger charge is -2.26. The molecule has 17 heavy (non-hydrogen) atoms. The molecule has 0 aromatic carbocycles. The standard InChI is InChI=1S/C12H19N3O2/c1-9(2)15(5-6-16)12(17)10-3-4-14-11(7-10)8-13/h3-4,7,9,16H,5-6,8,13H2,1-2H3. The molecule has 1 aromatic heterocycles. The summed E-state index contributed by atoms with van der Waals surface area (Å²) >= 11 is 0. The van der Waals surface area contributed by atoms with Crippen molar-refractivity contribution in [3.05, 3.63) is 29.6 Å². The fourth-order valence-corrected chi connectivity index (χ4v) is 1.59. The van der Waals surface area contributed by atoms with Gasteiger partial charge in [-0.25, -0.2) is 0 Å². The van der Waals surface area contributed by atoms with Crippen LogP contribution in [0.15, 0.2) is 18.3 Å². The Balaban J connectivity index is 2.92. The summed E-state index contributed by atoms with van der Waals surface area (Å²) in [4.78, 5) is 17.9. The zero-order chi connectivity index (χ0) is 12.8. The van der Waals surface area contributed by atoms with Gasteiger partial charge in [0.1, 0.15) is 0 Å². The normalized spacial score (nSPS) is 10.6. The molecule has 0 atom stereocenters. The van der Waals surface area contributed by atoms with Crippen LogP contribution in [0.2, 0.25) is 0 Å². The number of carbonyl (C=O) groups is 1. The second-order valence-electron chi connectivity index (χ2n) is 4.06. The second-order valence-corrected chi connectivity index (χ2v) is 4.06. The monoisotopic (exact) mass is 237 g/mol. The zero-order valence-electron chi connectivity index (χ0n) is 10.3. The summed E-state index contributed by atoms with van der Waals surface area (Å²) in [6.07, 6.45) is 1.58. The van der Waals surface area contributed by atoms with Crippen LogP contribution >= 0.6 is 0 Å². The topological polar surface area (TPSA) is 79.5 Å². The third-order valence-corrected chi connectivity index (χ3v) is 2.50. The zero-order valence-corrected chi connectivity index (χ0v) is 10.3. The number of aliphatic hydroxyl groups excluding tert-OH is 1. The number of amides is 1. The highest BCUT2D eigenvalue weighted by Gasteiger charge is 2.18. The van der Waals surface area contributed by atoms with Crippen molar-refractivity contribution in [1.29, 1.82) is 0 Å². The van der Waals surface area contributed by atoms with Crippen LogP contribution in [0.3, 0.4) is 0 Å². The third-order valence-electron chi connectivity index (χ3n) is 2.50. The molecule has 0 aliphatic heterocycles. The molecule has 3 N–H and O–H groups in total. The van der Waals surface area contributed by atoms with Crippen molar-refractivity contribution in [1.82, 2.24) is 9.88 Å². The van der Waals surface area contributed by atoms with Gasteiger partial charge in [0.05, 0.1) is 12.3 Å². The van der Waals surface area contributed by atoms with Gasteiger partial charge in [0.15, 0.2) is 0 Å². The van der Waals surface area contributed by atoms with E-state index in [4.69, 9.17) is 10.8 Å². The number of aliphatic hydroxyl groups is 1. The number of nitrogens with zero attached hydrogens (tertiary/aromatic N) is 2. The Morgan fingerprint density at radius 1 is 1.59 bits per heavy atom. The number of hydrogen-bond donors (Lipinski definition) is 2. The van der Waals surface area contributed by atoms with E-state index in [-0.39, 0.29) is 18.6 Å². The van der Waals surface area contributed by atoms with Crippen LogP contribution in [0.1, 0.15) is 29.9 Å². The van der Waals surface area contributed by atoms with Gasteiger partial charge in [-0.15, -0.1) is 0 Å². The largest absolute Gasteiger partial charge is 0.395 e. The van der Waals surface area contributed by atoms with E-state index in [9.17, 15) is 4.79 Å². The van der Waals surface area contributed by atoms with Crippen LogP contribution in [-0.2, 0) is 6.54 Å². The molecular weight excluding hydrogens is 218 g/mol. The fraction of sp³-hybridized carbons (Fsp3) is 0.500. The van der Waals surface area contributed by atoms with Crippen LogP contribution in [0.5, 0.6) is 0 Å². The van der Waals surface area contributed by atoms with Gasteiger partial charge in [0.2, 0.25) is 0 Å². The minimum Gasteiger partial charge on any atom is -0.395 e. The first kappa shape index (κ1) is 13.6. The summed E-state index contributed by atoms with van der Waals surface area (Å²) in [5.74, 6) is -0.105. The van der Waals surface area contributed by atoms with E-state index in [0.29, 0.717) is 24.3 Å². The Labute approximate surface area is 101 Å². The minimum absolute atomic E-state index is 0.0429. The smallest absolute Gasteiger partial charge is 0.254 e. The molecule has 0 aliphatic rings. The molecule has 94 valence electrons. The first-order chi connectivity index (χ1) is 8.10. The number of nitrogens with two attached hydrogens (primary N) is 1. The van der Waals surface area contributed by atoms with E-state index in [1.807, 2.05) is 13.8 Å². The van der Waals surface area contributed by atoms with Crippen LogP contribution in [0.25, 0.3) is 0 Å². The van der Waals surface area contributed by atoms with Crippen molar-refractivity contribution in [3.8, 4) is 0 Å². The van der Waals surface area contributed by atoms with E-state index in [1.165, 1.54) is 0 Å². The lowest BCUT2D eigenvalue weighted by Crippen LogP contribution is -2.39. The van der Waals surface area contributed by atoms with E-state index in [2.05, 4.69) is 4.98 Å². The average molecular weight is 237 g/mol. The number of aromatic nitrogens is 1. The quantitative estimate of drug-likeness (QED) is 0.776. The summed E-state index contributed by atoms with van der Waals surface area (Å²) in [6.45, 7) is 4.43. The summed E-state index contributed by atoms with van der Waals surface area (Å²) in [7, 11) is 0. The first-order valence-electron chi connectivity index (χ1n) is 5.67. The van der Waals surface area contributed by atoms with Crippen molar-refractivity contribution in [3.63, 3.8) is 0 Å². The van der Waals surface area contributed by atoms with Gasteiger partial charge in [-0.2, -0.15) is 0 Å². The van der Waals surface area contributed by atoms with Gasteiger partial charge in [-0.3, -0.25) is 9.78 Å². The van der Waals surface area contributed by atoms with Crippen molar-refractivity contribution in [2.45, 2.75) is 26.4 Å². The average Bonchev–Trinajstić information content (AvgIpc) is 2.34. The van der Waals surface area contributed by atoms with E-state index in [0.717, 1.165) is 0 Å². The van der Waals surface area contributed by atoms with Crippen molar-refractivity contribution in [2.75, 3.05) is 13.2 Å². The SMILES string of the molecule is CC(C)N(CCO)C(=O)c1ccnc(CN)c1. The molecule has 5 heteroatoms. The lowest BCUT2D eigenvalue weighted by atomic mass is 10.1. The third kappa shape index (κ3) is 3.51. The molecule has 0 unspecified atom stereocenters. The van der Waals surface area contributed by atoms with E-state index in [1.54, 1.807) is 23.2 Å². The summed E-state index contributed by atoms with van der Waals surface area (Å²) in [5.41, 5.74) is 6.73. The fourth-order valence-electron chi connectivity index (χ4n) is 1.59. The molecule has 0 saturated carbocycles. The maximum atomic E-state index is 12.2. The van der Waals surface area contributed by atoms with Crippen LogP contribution < -0.4 is 5.73 Å². The van der Waals surface area contributed by atoms with Gasteiger partial charge in [-0.1, -0.05) is 0 Å². The molecule has 1 amide bonds. The van der Waals surface area contributed by atoms with Crippen LogP contribution in [-0.4, -0.2) is 40.1 Å². The van der Waals surface area contributed by atoms with Gasteiger partial charge < -0.3 is 15.7 Å². The number of hydrogen-bond acceptors (Lipinski definition) is 4. The highest BCUT2D eigenvalue weighted by atomic mass is 16.3. The minimum atomic E-state index is -0.105. The number of carbonyl (C=O) groups excluding carboxylic acids is 1. The van der Waals surface area contributed by atoms with E-state index >= 15 is 0 Å². The highest BCUT2D eigenvalue weighted by molar-refractivity contribution is 5.94. The molecule has 1 aromatic rings. The Hall–Kier alpha value is -1.46. The van der Waals surface area contributed by atoms with Crippen LogP contribution in [0.4, 0.5) is 0 Å². The molecule has 1 rings (SSSR count). The number of pyridine rings is 1. The van der Waals surface area contributed by atoms with Crippen molar-refractivity contribution in [2.24, 2.45) is 5.73 Å². The molecule has 0 spiro atoms. The second kappa shape index (κ2) is 6.32. The van der Waals surface area contributed by atoms with Gasteiger partial charge in [0.25, 0.3) is 5.91 Å². The molecule has 0 radical (unpaired) electrons. The van der Waals surface area contributed by atoms with Crippen molar-refractivity contribution >= 4 is 5.91 Å². The summed E-state index contributed by atoms with van der Waals surface area (Å²) < 4.78 is 0. The predicted molar refractivity (Wildman–Crippen MR) is 65.4 cm³/mol. The predicted octanol–water partition coefficient (Wildman–Crippen LogP) is 0.383. The Morgan fingerprint density at radius 2 is 2.29 bits per heavy atom. The van der Waals surface area contributed by atoms with Gasteiger partial charge in [-0.05, 0) is 26.0 Å². The Kier molecular flexibility index (Phi) is 5.06. The van der Waals surface area contributed by atoms with Gasteiger partial charge in [0, 0.05) is 30.9 Å². The lowest BCUT2D eigenvalue weighted by molar-refractivity contribution is 0.0665. The first-order valence-corrected chi connectivity index (χ1v) is 5.67. The van der Waals surface area contributed by atoms with E-state index < -0.39 is 0 Å². The maximum absolute atomic E-state index is 12.2. The Morgan fingerprint density at radius 3 is 2.82 bits per heavy atom. The van der Waals surface area contributed by atoms with Gasteiger partial charge >= 0.3 is 0 Å². The highest BCUT2D eigenvalue weighted by Crippen LogP contribution is 2.09. The molecule has 0 aliphatic carbocycles. The summed E-state index contributed by atoms with van der Waals surface area (Å²) in [5, 5.41) is 8.96. The van der Waals surface area contributed by atoms with Crippen LogP contribution in [0, 0.1) is 0 Å². The number of rotatable bonds is 5. The maximum Gasteiger partial charge on any atom is 0.254 e. The molecule has 1 heterocycles. The van der Waals surface area contributed by atoms with Crippen molar-refractivity contribution < 1.29 is 9.90 Å². The molecule has 0 bridgehead atoms.